The highest BCUT2D eigenvalue weighted by Crippen LogP contribution is 1.78. The molecular weight excluding hydrogens is 109 g/mol. The summed E-state index contributed by atoms with van der Waals surface area (Å²) in [5, 5.41) is 7.99. The normalized spacial score (nSPS) is 13.3. The van der Waals surface area contributed by atoms with Crippen molar-refractivity contribution in [2.75, 3.05) is 0 Å². The van der Waals surface area contributed by atoms with Gasteiger partial charge in [0.05, 0.1) is 0 Å². The molecule has 0 aliphatic heterocycles. The summed E-state index contributed by atoms with van der Waals surface area (Å²) in [6, 6.07) is 0. The van der Waals surface area contributed by atoms with Crippen LogP contribution in [0.15, 0.2) is 0 Å². The Hall–Kier alpha value is -0.0375. The number of rotatable bonds is 2. The molecule has 38 valence electrons. The van der Waals surface area contributed by atoms with E-state index in [1.165, 1.54) is 0 Å². The molecular formula is C3H6AlNO2. The van der Waals surface area contributed by atoms with E-state index < -0.39 is 5.97 Å². The third kappa shape index (κ3) is 5.96. The molecule has 0 saturated heterocycles. The van der Waals surface area contributed by atoms with Crippen molar-refractivity contribution in [3.63, 3.8) is 0 Å². The van der Waals surface area contributed by atoms with Crippen molar-refractivity contribution in [1.82, 2.24) is 0 Å². The van der Waals surface area contributed by atoms with Crippen LogP contribution in [0.1, 0.15) is 6.42 Å². The molecule has 7 heavy (non-hydrogen) atoms. The van der Waals surface area contributed by atoms with Crippen molar-refractivity contribution in [2.24, 2.45) is 5.73 Å². The Bertz CT molecular complexity index is 73.3. The molecule has 0 bridgehead atoms. The lowest BCUT2D eigenvalue weighted by Gasteiger charge is -1.96. The summed E-state index contributed by atoms with van der Waals surface area (Å²) in [5.74, 6) is -0.859. The van der Waals surface area contributed by atoms with E-state index in [1.54, 1.807) is 0 Å². The summed E-state index contributed by atoms with van der Waals surface area (Å²) in [7, 11) is 0. The van der Waals surface area contributed by atoms with Crippen LogP contribution >= 0.6 is 0 Å². The van der Waals surface area contributed by atoms with E-state index in [-0.39, 0.29) is 11.3 Å². The van der Waals surface area contributed by atoms with Gasteiger partial charge in [0.25, 0.3) is 0 Å². The van der Waals surface area contributed by atoms with Gasteiger partial charge in [-0.25, -0.2) is 0 Å². The monoisotopic (exact) mass is 115 g/mol. The molecule has 0 rings (SSSR count). The molecule has 2 radical (unpaired) electrons. The zero-order valence-corrected chi connectivity index (χ0v) is 4.95. The maximum atomic E-state index is 9.72. The van der Waals surface area contributed by atoms with E-state index >= 15 is 0 Å². The lowest BCUT2D eigenvalue weighted by Crippen LogP contribution is -2.23. The van der Waals surface area contributed by atoms with Crippen LogP contribution in [0.25, 0.3) is 0 Å². The number of nitrogens with two attached hydrogens (primary N) is 1. The van der Waals surface area contributed by atoms with Crippen LogP contribution in [-0.2, 0) is 4.79 Å². The van der Waals surface area contributed by atoms with Gasteiger partial charge in [-0.15, -0.1) is 0 Å². The van der Waals surface area contributed by atoms with E-state index in [0.29, 0.717) is 0 Å². The molecule has 0 aliphatic carbocycles. The third-order valence-corrected chi connectivity index (χ3v) is 0.646. The zero-order valence-electron chi connectivity index (χ0n) is 3.79. The van der Waals surface area contributed by atoms with Gasteiger partial charge in [-0.2, -0.15) is 0 Å². The quantitative estimate of drug-likeness (QED) is 0.449. The number of carbonyl (C=O) groups is 1. The minimum absolute atomic E-state index is 0.0185. The molecule has 0 amide bonds. The van der Waals surface area contributed by atoms with Gasteiger partial charge in [0.1, 0.15) is 16.3 Å². The predicted molar refractivity (Wildman–Crippen MR) is 26.0 cm³/mol. The largest absolute Gasteiger partial charge is 0.481 e. The van der Waals surface area contributed by atoms with Crippen LogP contribution < -0.4 is 5.73 Å². The van der Waals surface area contributed by atoms with Crippen molar-refractivity contribution in [1.29, 1.82) is 0 Å². The maximum Gasteiger partial charge on any atom is 0.303 e. The fraction of sp³-hybridized carbons (Fsp3) is 0.667. The lowest BCUT2D eigenvalue weighted by molar-refractivity contribution is -0.136. The number of hydrogen-bond acceptors (Lipinski definition) is 2. The topological polar surface area (TPSA) is 63.3 Å². The zero-order chi connectivity index (χ0) is 5.86. The number of hydrogen-bond donors (Lipinski definition) is 2. The highest BCUT2D eigenvalue weighted by atomic mass is 27.0. The van der Waals surface area contributed by atoms with Crippen LogP contribution in [-0.4, -0.2) is 32.3 Å². The third-order valence-electron chi connectivity index (χ3n) is 0.410. The van der Waals surface area contributed by atoms with Crippen LogP contribution in [0.2, 0.25) is 0 Å². The molecule has 1 unspecified atom stereocenters. The van der Waals surface area contributed by atoms with E-state index in [9.17, 15) is 4.79 Å². The molecule has 0 heterocycles. The second-order valence-corrected chi connectivity index (χ2v) is 2.12. The summed E-state index contributed by atoms with van der Waals surface area (Å²) in [6.45, 7) is 0. The molecule has 0 aromatic rings. The van der Waals surface area contributed by atoms with Crippen molar-refractivity contribution in [3.8, 4) is 0 Å². The van der Waals surface area contributed by atoms with Crippen molar-refractivity contribution in [2.45, 2.75) is 11.3 Å². The molecule has 4 heteroatoms. The first kappa shape index (κ1) is 6.96. The summed E-state index contributed by atoms with van der Waals surface area (Å²) >= 11 is 2.20. The first-order chi connectivity index (χ1) is 3.13. The average molecular weight is 115 g/mol. The Kier molecular flexibility index (Phi) is 3.01. The molecule has 0 aliphatic rings. The number of carboxylic acid groups (broad SMARTS) is 1. The minimum atomic E-state index is -0.859. The van der Waals surface area contributed by atoms with E-state index in [1.807, 2.05) is 0 Å². The smallest absolute Gasteiger partial charge is 0.303 e. The van der Waals surface area contributed by atoms with E-state index in [2.05, 4.69) is 16.3 Å². The minimum Gasteiger partial charge on any atom is -0.481 e. The van der Waals surface area contributed by atoms with Crippen LogP contribution in [0.4, 0.5) is 0 Å². The van der Waals surface area contributed by atoms with Gasteiger partial charge in [-0.05, 0) is 0 Å². The van der Waals surface area contributed by atoms with Gasteiger partial charge in [-0.1, -0.05) is 4.90 Å². The van der Waals surface area contributed by atoms with Gasteiger partial charge in [0, 0.05) is 6.42 Å². The molecule has 3 N–H and O–H groups in total. The number of carboxylic acids is 1. The maximum absolute atomic E-state index is 9.72. The fourth-order valence-electron chi connectivity index (χ4n) is 0.202. The first-order valence-electron chi connectivity index (χ1n) is 1.86. The Morgan fingerprint density at radius 1 is 2.00 bits per heavy atom. The second-order valence-electron chi connectivity index (χ2n) is 1.26. The summed E-state index contributed by atoms with van der Waals surface area (Å²) in [5.41, 5.74) is 5.08. The highest BCUT2D eigenvalue weighted by molar-refractivity contribution is 6.12. The van der Waals surface area contributed by atoms with Gasteiger partial charge in [0.15, 0.2) is 0 Å². The molecule has 0 saturated carbocycles. The van der Waals surface area contributed by atoms with Crippen LogP contribution in [0, 0.1) is 0 Å². The summed E-state index contributed by atoms with van der Waals surface area (Å²) in [6.07, 6.45) is 0.0185. The Balaban J connectivity index is 3.13. The SMILES string of the molecule is N[CH]([Al])CC(=O)O. The Labute approximate surface area is 49.9 Å². The summed E-state index contributed by atoms with van der Waals surface area (Å²) < 4.78 is 0. The van der Waals surface area contributed by atoms with E-state index in [0.717, 1.165) is 0 Å². The fourth-order valence-corrected chi connectivity index (χ4v) is 0.403. The molecule has 0 aromatic heterocycles. The standard InChI is InChI=1S/C3H6NO2.Al/c4-2-1-3(5)6;/h2H,1,4H2,(H,5,6);. The van der Waals surface area contributed by atoms with Crippen molar-refractivity contribution < 1.29 is 9.90 Å². The lowest BCUT2D eigenvalue weighted by atomic mass is 10.4. The van der Waals surface area contributed by atoms with Gasteiger partial charge >= 0.3 is 5.97 Å². The van der Waals surface area contributed by atoms with Crippen LogP contribution in [0.5, 0.6) is 0 Å². The average Bonchev–Trinajstić information content (AvgIpc) is 1.27. The molecule has 0 aromatic carbocycles. The first-order valence-corrected chi connectivity index (χ1v) is 2.52. The highest BCUT2D eigenvalue weighted by Gasteiger charge is 1.97. The van der Waals surface area contributed by atoms with Gasteiger partial charge in [0.2, 0.25) is 0 Å². The number of aliphatic carboxylic acids is 1. The summed E-state index contributed by atoms with van der Waals surface area (Å²) in [4.78, 5) is 9.41. The van der Waals surface area contributed by atoms with Crippen LogP contribution in [0.3, 0.4) is 0 Å². The predicted octanol–water partition coefficient (Wildman–Crippen LogP) is -1.09. The Morgan fingerprint density at radius 3 is 2.43 bits per heavy atom. The van der Waals surface area contributed by atoms with Crippen molar-refractivity contribution in [3.05, 3.63) is 0 Å². The van der Waals surface area contributed by atoms with Gasteiger partial charge in [-0.3, -0.25) is 4.79 Å². The van der Waals surface area contributed by atoms with E-state index in [4.69, 9.17) is 10.8 Å². The Morgan fingerprint density at radius 2 is 2.43 bits per heavy atom. The molecule has 0 spiro atoms. The van der Waals surface area contributed by atoms with Crippen molar-refractivity contribution >= 4 is 22.3 Å². The second kappa shape index (κ2) is 3.03. The van der Waals surface area contributed by atoms with Gasteiger partial charge < -0.3 is 10.8 Å². The molecule has 3 nitrogen and oxygen atoms in total. The molecule has 0 fully saturated rings. The molecule has 1 atom stereocenters.